The first-order valence-corrected chi connectivity index (χ1v) is 10.2. The minimum absolute atomic E-state index is 0.0669. The third kappa shape index (κ3) is 2.82. The van der Waals surface area contributed by atoms with Crippen molar-refractivity contribution < 1.29 is 14.3 Å². The highest BCUT2D eigenvalue weighted by atomic mass is 35.5. The maximum atomic E-state index is 12.4. The van der Waals surface area contributed by atoms with Gasteiger partial charge in [-0.05, 0) is 36.8 Å². The molecular weight excluding hydrogens is 398 g/mol. The van der Waals surface area contributed by atoms with E-state index in [1.54, 1.807) is 16.4 Å². The molecule has 0 bridgehead atoms. The molecule has 2 aliphatic rings. The fraction of sp³-hybridized carbons (Fsp3) is 0.200. The number of carbonyl (C=O) groups excluding carboxylic acids is 1. The van der Waals surface area contributed by atoms with Crippen LogP contribution in [0.4, 0.5) is 5.82 Å². The molecule has 0 radical (unpaired) electrons. The number of hydrogen-bond donors (Lipinski definition) is 1. The highest BCUT2D eigenvalue weighted by Crippen LogP contribution is 2.46. The summed E-state index contributed by atoms with van der Waals surface area (Å²) in [7, 11) is 0. The first-order valence-electron chi connectivity index (χ1n) is 8.77. The number of anilines is 1. The summed E-state index contributed by atoms with van der Waals surface area (Å²) >= 11 is 7.96. The second-order valence-corrected chi connectivity index (χ2v) is 8.06. The molecule has 0 fully saturated rings. The Morgan fingerprint density at radius 1 is 1.21 bits per heavy atom. The molecule has 1 N–H and O–H groups in total. The molecule has 0 aliphatic carbocycles. The van der Waals surface area contributed by atoms with E-state index in [1.807, 2.05) is 49.4 Å². The van der Waals surface area contributed by atoms with E-state index in [4.69, 9.17) is 26.2 Å². The second-order valence-electron chi connectivity index (χ2n) is 6.56. The van der Waals surface area contributed by atoms with Crippen molar-refractivity contribution in [2.24, 2.45) is 0 Å². The van der Waals surface area contributed by atoms with Gasteiger partial charge in [0.2, 0.25) is 12.7 Å². The molecular formula is C20H16ClN3O3S. The fourth-order valence-electron chi connectivity index (χ4n) is 3.52. The van der Waals surface area contributed by atoms with Gasteiger partial charge in [-0.2, -0.15) is 5.10 Å². The number of rotatable bonds is 2. The smallest absolute Gasteiger partial charge is 0.235 e. The number of thioether (sulfide) groups is 1. The lowest BCUT2D eigenvalue weighted by atomic mass is 10.0. The summed E-state index contributed by atoms with van der Waals surface area (Å²) < 4.78 is 12.7. The Balaban J connectivity index is 1.67. The van der Waals surface area contributed by atoms with Crippen molar-refractivity contribution in [2.45, 2.75) is 12.2 Å². The number of aryl methyl sites for hydroxylation is 1. The van der Waals surface area contributed by atoms with Crippen molar-refractivity contribution >= 4 is 35.1 Å². The number of fused-ring (bicyclic) bond motifs is 2. The van der Waals surface area contributed by atoms with Gasteiger partial charge in [0.1, 0.15) is 5.82 Å². The van der Waals surface area contributed by atoms with Crippen LogP contribution in [0.25, 0.3) is 5.69 Å². The lowest BCUT2D eigenvalue weighted by molar-refractivity contribution is -0.113. The molecule has 3 aromatic rings. The summed E-state index contributed by atoms with van der Waals surface area (Å²) in [6, 6.07) is 13.4. The van der Waals surface area contributed by atoms with Crippen LogP contribution in [0, 0.1) is 6.92 Å². The molecule has 0 spiro atoms. The van der Waals surface area contributed by atoms with Crippen LogP contribution in [0.2, 0.25) is 5.02 Å². The lowest BCUT2D eigenvalue weighted by Gasteiger charge is -2.16. The van der Waals surface area contributed by atoms with Crippen LogP contribution in [0.15, 0.2) is 42.5 Å². The predicted octanol–water partition coefficient (Wildman–Crippen LogP) is 4.34. The number of amides is 1. The lowest BCUT2D eigenvalue weighted by Crippen LogP contribution is -2.16. The summed E-state index contributed by atoms with van der Waals surface area (Å²) in [6.07, 6.45) is 0. The molecule has 3 heterocycles. The first kappa shape index (κ1) is 17.5. The van der Waals surface area contributed by atoms with Gasteiger partial charge in [0, 0.05) is 5.56 Å². The molecule has 28 heavy (non-hydrogen) atoms. The number of nitrogens with zero attached hydrogens (tertiary/aromatic N) is 2. The zero-order valence-electron chi connectivity index (χ0n) is 14.9. The van der Waals surface area contributed by atoms with Crippen molar-refractivity contribution in [3.8, 4) is 17.2 Å². The summed E-state index contributed by atoms with van der Waals surface area (Å²) in [5, 5.41) is 8.21. The number of para-hydroxylation sites is 1. The summed E-state index contributed by atoms with van der Waals surface area (Å²) in [5.41, 5.74) is 3.57. The number of benzene rings is 2. The minimum Gasteiger partial charge on any atom is -0.454 e. The zero-order chi connectivity index (χ0) is 19.3. The highest BCUT2D eigenvalue weighted by molar-refractivity contribution is 8.00. The quantitative estimate of drug-likeness (QED) is 0.677. The van der Waals surface area contributed by atoms with Crippen LogP contribution in [-0.4, -0.2) is 28.2 Å². The van der Waals surface area contributed by atoms with E-state index in [2.05, 4.69) is 5.32 Å². The SMILES string of the molecule is Cc1nn(-c2ccccc2Cl)c2c1[C@@H](c1ccc3c(c1)OCO3)SCC(=O)N2. The number of halogens is 1. The molecule has 142 valence electrons. The van der Waals surface area contributed by atoms with E-state index in [9.17, 15) is 4.79 Å². The molecule has 2 aliphatic heterocycles. The van der Waals surface area contributed by atoms with Crippen molar-refractivity contribution in [1.82, 2.24) is 9.78 Å². The molecule has 0 saturated heterocycles. The summed E-state index contributed by atoms with van der Waals surface area (Å²) in [4.78, 5) is 12.4. The standard InChI is InChI=1S/C20H16ClN3O3S/c1-11-18-19(12-6-7-15-16(8-12)27-10-26-15)28-9-17(25)22-20(18)24(23-11)14-5-3-2-4-13(14)21/h2-8,19H,9-10H2,1H3,(H,22,25)/t19-/m1/s1. The van der Waals surface area contributed by atoms with Gasteiger partial charge in [-0.3, -0.25) is 4.79 Å². The van der Waals surface area contributed by atoms with E-state index in [0.717, 1.165) is 34.0 Å². The molecule has 2 aromatic carbocycles. The zero-order valence-corrected chi connectivity index (χ0v) is 16.5. The Kier molecular flexibility index (Phi) is 4.21. The van der Waals surface area contributed by atoms with Gasteiger partial charge in [0.15, 0.2) is 11.5 Å². The van der Waals surface area contributed by atoms with Crippen molar-refractivity contribution in [3.63, 3.8) is 0 Å². The van der Waals surface area contributed by atoms with E-state index in [-0.39, 0.29) is 18.0 Å². The predicted molar refractivity (Wildman–Crippen MR) is 109 cm³/mol. The third-order valence-corrected chi connectivity index (χ3v) is 6.38. The molecule has 5 rings (SSSR count). The maximum Gasteiger partial charge on any atom is 0.235 e. The van der Waals surface area contributed by atoms with Gasteiger partial charge >= 0.3 is 0 Å². The largest absolute Gasteiger partial charge is 0.454 e. The van der Waals surface area contributed by atoms with Crippen molar-refractivity contribution in [1.29, 1.82) is 0 Å². The molecule has 0 saturated carbocycles. The number of ether oxygens (including phenoxy) is 2. The van der Waals surface area contributed by atoms with E-state index in [1.165, 1.54) is 0 Å². The maximum absolute atomic E-state index is 12.4. The summed E-state index contributed by atoms with van der Waals surface area (Å²) in [5.74, 6) is 2.39. The average Bonchev–Trinajstić information content (AvgIpc) is 3.22. The topological polar surface area (TPSA) is 65.4 Å². The third-order valence-electron chi connectivity index (χ3n) is 4.79. The Morgan fingerprint density at radius 3 is 2.89 bits per heavy atom. The van der Waals surface area contributed by atoms with Gasteiger partial charge in [-0.1, -0.05) is 29.8 Å². The van der Waals surface area contributed by atoms with Crippen LogP contribution in [0.3, 0.4) is 0 Å². The van der Waals surface area contributed by atoms with Crippen LogP contribution in [-0.2, 0) is 4.79 Å². The van der Waals surface area contributed by atoms with Gasteiger partial charge in [0.25, 0.3) is 0 Å². The number of hydrogen-bond acceptors (Lipinski definition) is 5. The van der Waals surface area contributed by atoms with Gasteiger partial charge < -0.3 is 14.8 Å². The first-order chi connectivity index (χ1) is 13.6. The second kappa shape index (κ2) is 6.76. The Labute approximate surface area is 170 Å². The fourth-order valence-corrected chi connectivity index (χ4v) is 4.91. The van der Waals surface area contributed by atoms with Gasteiger partial charge in [-0.15, -0.1) is 11.8 Å². The van der Waals surface area contributed by atoms with E-state index in [0.29, 0.717) is 16.6 Å². The minimum atomic E-state index is -0.0697. The Morgan fingerprint density at radius 2 is 2.04 bits per heavy atom. The normalized spacial score (nSPS) is 17.8. The number of carbonyl (C=O) groups is 1. The van der Waals surface area contributed by atoms with Crippen LogP contribution in [0.5, 0.6) is 11.5 Å². The Bertz CT molecular complexity index is 1100. The van der Waals surface area contributed by atoms with Gasteiger partial charge in [0.05, 0.1) is 27.4 Å². The van der Waals surface area contributed by atoms with Crippen molar-refractivity contribution in [3.05, 3.63) is 64.3 Å². The van der Waals surface area contributed by atoms with Crippen molar-refractivity contribution in [2.75, 3.05) is 17.9 Å². The molecule has 0 unspecified atom stereocenters. The van der Waals surface area contributed by atoms with E-state index >= 15 is 0 Å². The highest BCUT2D eigenvalue weighted by Gasteiger charge is 2.31. The van der Waals surface area contributed by atoms with E-state index < -0.39 is 0 Å². The number of aromatic nitrogens is 2. The molecule has 1 amide bonds. The van der Waals surface area contributed by atoms with Crippen LogP contribution >= 0.6 is 23.4 Å². The molecule has 1 aromatic heterocycles. The summed E-state index contributed by atoms with van der Waals surface area (Å²) in [6.45, 7) is 2.18. The van der Waals surface area contributed by atoms with Crippen LogP contribution in [0.1, 0.15) is 22.1 Å². The molecule has 8 heteroatoms. The monoisotopic (exact) mass is 413 g/mol. The average molecular weight is 414 g/mol. The number of nitrogens with one attached hydrogen (secondary N) is 1. The van der Waals surface area contributed by atoms with Crippen LogP contribution < -0.4 is 14.8 Å². The molecule has 6 nitrogen and oxygen atoms in total. The van der Waals surface area contributed by atoms with Gasteiger partial charge in [-0.25, -0.2) is 4.68 Å². The Hall–Kier alpha value is -2.64. The molecule has 1 atom stereocenters.